The average molecular weight is 276 g/mol. The second kappa shape index (κ2) is 5.64. The first-order valence-electron chi connectivity index (χ1n) is 7.21. The van der Waals surface area contributed by atoms with Gasteiger partial charge >= 0.3 is 6.03 Å². The molecule has 0 unspecified atom stereocenters. The standard InChI is InChI=1S/C14H20N4O2/c1-20-13-8-12(15-9-16-13)17-14(19)18-7-3-5-10-4-2-6-11(10)18/h8-11H,2-7H2,1H3,(H,15,16,17,19)/t10-,11+/m0/s1. The fourth-order valence-corrected chi connectivity index (χ4v) is 3.41. The molecule has 0 spiro atoms. The molecule has 0 radical (unpaired) electrons. The molecule has 1 aliphatic carbocycles. The Morgan fingerprint density at radius 2 is 2.20 bits per heavy atom. The lowest BCUT2D eigenvalue weighted by atomic mass is 9.92. The van der Waals surface area contributed by atoms with Gasteiger partial charge in [0.1, 0.15) is 12.1 Å². The quantitative estimate of drug-likeness (QED) is 0.900. The molecule has 2 amide bonds. The number of carbonyl (C=O) groups excluding carboxylic acids is 1. The van der Waals surface area contributed by atoms with Crippen LogP contribution in [-0.2, 0) is 0 Å². The van der Waals surface area contributed by atoms with E-state index in [2.05, 4.69) is 15.3 Å². The normalized spacial score (nSPS) is 25.1. The topological polar surface area (TPSA) is 67.3 Å². The number of hydrogen-bond donors (Lipinski definition) is 1. The molecular weight excluding hydrogens is 256 g/mol. The molecule has 20 heavy (non-hydrogen) atoms. The summed E-state index contributed by atoms with van der Waals surface area (Å²) in [6, 6.07) is 1.99. The lowest BCUT2D eigenvalue weighted by Crippen LogP contribution is -2.48. The van der Waals surface area contributed by atoms with Crippen molar-refractivity contribution >= 4 is 11.8 Å². The highest BCUT2D eigenvalue weighted by atomic mass is 16.5. The minimum Gasteiger partial charge on any atom is -0.481 e. The zero-order valence-corrected chi connectivity index (χ0v) is 11.7. The van der Waals surface area contributed by atoms with Crippen molar-refractivity contribution in [3.8, 4) is 5.88 Å². The first kappa shape index (κ1) is 13.1. The molecule has 2 heterocycles. The maximum Gasteiger partial charge on any atom is 0.323 e. The van der Waals surface area contributed by atoms with Crippen molar-refractivity contribution in [1.29, 1.82) is 0 Å². The zero-order chi connectivity index (χ0) is 13.9. The van der Waals surface area contributed by atoms with Gasteiger partial charge in [-0.25, -0.2) is 14.8 Å². The number of likely N-dealkylation sites (tertiary alicyclic amines) is 1. The number of methoxy groups -OCH3 is 1. The largest absolute Gasteiger partial charge is 0.481 e. The van der Waals surface area contributed by atoms with Crippen molar-refractivity contribution < 1.29 is 9.53 Å². The van der Waals surface area contributed by atoms with Crippen LogP contribution in [0.2, 0.25) is 0 Å². The fraction of sp³-hybridized carbons (Fsp3) is 0.643. The van der Waals surface area contributed by atoms with Gasteiger partial charge in [0.15, 0.2) is 0 Å². The Morgan fingerprint density at radius 3 is 3.05 bits per heavy atom. The molecule has 2 atom stereocenters. The van der Waals surface area contributed by atoms with E-state index in [1.165, 1.54) is 25.6 Å². The van der Waals surface area contributed by atoms with E-state index in [9.17, 15) is 4.79 Å². The summed E-state index contributed by atoms with van der Waals surface area (Å²) in [4.78, 5) is 22.4. The Morgan fingerprint density at radius 1 is 1.35 bits per heavy atom. The third-order valence-corrected chi connectivity index (χ3v) is 4.34. The summed E-state index contributed by atoms with van der Waals surface area (Å²) in [6.45, 7) is 0.842. The summed E-state index contributed by atoms with van der Waals surface area (Å²) < 4.78 is 5.04. The van der Waals surface area contributed by atoms with Crippen molar-refractivity contribution in [1.82, 2.24) is 14.9 Å². The molecule has 0 aromatic carbocycles. The van der Waals surface area contributed by atoms with Gasteiger partial charge in [-0.15, -0.1) is 0 Å². The number of fused-ring (bicyclic) bond motifs is 1. The Hall–Kier alpha value is -1.85. The van der Waals surface area contributed by atoms with Gasteiger partial charge in [-0.1, -0.05) is 6.42 Å². The van der Waals surface area contributed by atoms with Crippen LogP contribution in [0.25, 0.3) is 0 Å². The third-order valence-electron chi connectivity index (χ3n) is 4.34. The number of hydrogen-bond acceptors (Lipinski definition) is 4. The number of piperidine rings is 1. The molecule has 1 aliphatic heterocycles. The summed E-state index contributed by atoms with van der Waals surface area (Å²) in [5.41, 5.74) is 0. The lowest BCUT2D eigenvalue weighted by Gasteiger charge is -2.37. The average Bonchev–Trinajstić information content (AvgIpc) is 2.95. The van der Waals surface area contributed by atoms with Crippen LogP contribution in [0.1, 0.15) is 32.1 Å². The molecule has 1 saturated carbocycles. The first-order chi connectivity index (χ1) is 9.78. The fourth-order valence-electron chi connectivity index (χ4n) is 3.41. The van der Waals surface area contributed by atoms with Crippen LogP contribution in [0, 0.1) is 5.92 Å². The van der Waals surface area contributed by atoms with Crippen molar-refractivity contribution in [2.24, 2.45) is 5.92 Å². The summed E-state index contributed by atoms with van der Waals surface area (Å²) in [5, 5.41) is 2.85. The summed E-state index contributed by atoms with van der Waals surface area (Å²) in [5.74, 6) is 1.63. The molecule has 108 valence electrons. The lowest BCUT2D eigenvalue weighted by molar-refractivity contribution is 0.138. The summed E-state index contributed by atoms with van der Waals surface area (Å²) >= 11 is 0. The van der Waals surface area contributed by atoms with Gasteiger partial charge < -0.3 is 9.64 Å². The van der Waals surface area contributed by atoms with Gasteiger partial charge in [0.25, 0.3) is 0 Å². The van der Waals surface area contributed by atoms with E-state index >= 15 is 0 Å². The molecule has 1 aromatic heterocycles. The molecule has 1 N–H and O–H groups in total. The first-order valence-corrected chi connectivity index (χ1v) is 7.21. The van der Waals surface area contributed by atoms with Crippen LogP contribution in [0.15, 0.2) is 12.4 Å². The van der Waals surface area contributed by atoms with Gasteiger partial charge in [-0.05, 0) is 31.6 Å². The van der Waals surface area contributed by atoms with Crippen LogP contribution in [0.5, 0.6) is 5.88 Å². The van der Waals surface area contributed by atoms with Crippen molar-refractivity contribution in [3.05, 3.63) is 12.4 Å². The van der Waals surface area contributed by atoms with Gasteiger partial charge in [0.2, 0.25) is 5.88 Å². The molecule has 2 fully saturated rings. The van der Waals surface area contributed by atoms with Crippen LogP contribution in [0.4, 0.5) is 10.6 Å². The van der Waals surface area contributed by atoms with Gasteiger partial charge in [-0.3, -0.25) is 5.32 Å². The molecular formula is C14H20N4O2. The summed E-state index contributed by atoms with van der Waals surface area (Å²) in [7, 11) is 1.54. The number of anilines is 1. The highest BCUT2D eigenvalue weighted by Gasteiger charge is 2.37. The van der Waals surface area contributed by atoms with Crippen LogP contribution in [-0.4, -0.2) is 40.6 Å². The molecule has 1 aromatic rings. The molecule has 6 nitrogen and oxygen atoms in total. The van der Waals surface area contributed by atoms with Gasteiger partial charge in [-0.2, -0.15) is 0 Å². The van der Waals surface area contributed by atoms with Gasteiger partial charge in [0, 0.05) is 18.7 Å². The number of rotatable bonds is 2. The number of carbonyl (C=O) groups is 1. The Balaban J connectivity index is 1.68. The molecule has 3 rings (SSSR count). The van der Waals surface area contributed by atoms with E-state index in [1.54, 1.807) is 13.2 Å². The summed E-state index contributed by atoms with van der Waals surface area (Å²) in [6.07, 6.45) is 7.38. The monoisotopic (exact) mass is 276 g/mol. The third kappa shape index (κ3) is 2.55. The van der Waals surface area contributed by atoms with Crippen LogP contribution < -0.4 is 10.1 Å². The predicted molar refractivity (Wildman–Crippen MR) is 74.7 cm³/mol. The SMILES string of the molecule is COc1cc(NC(=O)N2CCC[C@@H]3CCC[C@H]32)ncn1. The number of nitrogens with zero attached hydrogens (tertiary/aromatic N) is 3. The van der Waals surface area contributed by atoms with Crippen molar-refractivity contribution in [2.75, 3.05) is 19.0 Å². The number of ether oxygens (including phenoxy) is 1. The zero-order valence-electron chi connectivity index (χ0n) is 11.7. The molecule has 2 aliphatic rings. The van der Waals surface area contributed by atoms with Crippen molar-refractivity contribution in [3.63, 3.8) is 0 Å². The maximum atomic E-state index is 12.4. The second-order valence-corrected chi connectivity index (χ2v) is 5.47. The predicted octanol–water partition coefficient (Wildman–Crippen LogP) is 2.28. The smallest absolute Gasteiger partial charge is 0.323 e. The second-order valence-electron chi connectivity index (χ2n) is 5.47. The molecule has 0 bridgehead atoms. The number of urea groups is 1. The van der Waals surface area contributed by atoms with E-state index in [0.29, 0.717) is 23.7 Å². The van der Waals surface area contributed by atoms with Crippen LogP contribution >= 0.6 is 0 Å². The van der Waals surface area contributed by atoms with Crippen LogP contribution in [0.3, 0.4) is 0 Å². The minimum atomic E-state index is -0.0534. The highest BCUT2D eigenvalue weighted by molar-refractivity contribution is 5.88. The van der Waals surface area contributed by atoms with Gasteiger partial charge in [0.05, 0.1) is 7.11 Å². The highest BCUT2D eigenvalue weighted by Crippen LogP contribution is 2.36. The Labute approximate surface area is 118 Å². The number of aromatic nitrogens is 2. The Bertz CT molecular complexity index is 494. The molecule has 1 saturated heterocycles. The number of amides is 2. The minimum absolute atomic E-state index is 0.0534. The van der Waals surface area contributed by atoms with E-state index < -0.39 is 0 Å². The van der Waals surface area contributed by atoms with E-state index in [-0.39, 0.29) is 6.03 Å². The molecule has 6 heteroatoms. The van der Waals surface area contributed by atoms with E-state index in [4.69, 9.17) is 4.74 Å². The van der Waals surface area contributed by atoms with E-state index in [0.717, 1.165) is 19.4 Å². The maximum absolute atomic E-state index is 12.4. The Kier molecular flexibility index (Phi) is 3.71. The van der Waals surface area contributed by atoms with Crippen molar-refractivity contribution in [2.45, 2.75) is 38.1 Å². The number of nitrogens with one attached hydrogen (secondary N) is 1. The van der Waals surface area contributed by atoms with E-state index in [1.807, 2.05) is 4.90 Å².